The summed E-state index contributed by atoms with van der Waals surface area (Å²) in [7, 11) is 0. The van der Waals surface area contributed by atoms with Gasteiger partial charge in [0.1, 0.15) is 0 Å². The molecule has 43 heavy (non-hydrogen) atoms. The number of carbonyl (C=O) groups is 2. The largest absolute Gasteiger partial charge is 0.370 e. The molecule has 0 bridgehead atoms. The first-order valence-electron chi connectivity index (χ1n) is 15.5. The molecule has 1 aliphatic heterocycles. The van der Waals surface area contributed by atoms with Crippen LogP contribution in [0.1, 0.15) is 64.9 Å². The highest BCUT2D eigenvalue weighted by Gasteiger charge is 2.33. The molecular weight excluding hydrogens is 552 g/mol. The summed E-state index contributed by atoms with van der Waals surface area (Å²) in [5.41, 5.74) is 13.2. The maximum atomic E-state index is 13.3. The normalized spacial score (nSPS) is 15.1. The number of benzene rings is 3. The molecule has 3 N–H and O–H groups in total. The Morgan fingerprint density at radius 1 is 0.814 bits per heavy atom. The first-order chi connectivity index (χ1) is 21.1. The molecule has 2 fully saturated rings. The molecule has 2 heterocycles. The van der Waals surface area contributed by atoms with E-state index < -0.39 is 0 Å². The Hall–Kier alpha value is -3.94. The number of hydrogen-bond donors (Lipinski definition) is 2. The molecule has 1 saturated heterocycles. The molecule has 0 unspecified atom stereocenters. The minimum Gasteiger partial charge on any atom is -0.370 e. The predicted octanol–water partition coefficient (Wildman–Crippen LogP) is 7.45. The average molecular weight is 593 g/mol. The number of nitrogens with two attached hydrogens (primary N) is 1. The summed E-state index contributed by atoms with van der Waals surface area (Å²) in [5, 5.41) is 5.16. The van der Waals surface area contributed by atoms with Crippen molar-refractivity contribution in [1.82, 2.24) is 4.90 Å². The van der Waals surface area contributed by atoms with Crippen molar-refractivity contribution in [3.63, 3.8) is 0 Å². The Balaban J connectivity index is 1.27. The Kier molecular flexibility index (Phi) is 9.20. The summed E-state index contributed by atoms with van der Waals surface area (Å²) in [6.07, 6.45) is 6.76. The van der Waals surface area contributed by atoms with Crippen molar-refractivity contribution in [3.8, 4) is 11.1 Å². The highest BCUT2D eigenvalue weighted by atomic mass is 32.1. The van der Waals surface area contributed by atoms with Gasteiger partial charge in [0, 0.05) is 38.6 Å². The Bertz CT molecular complexity index is 1560. The second kappa shape index (κ2) is 13.6. The topological polar surface area (TPSA) is 78.7 Å². The molecule has 2 amide bonds. The minimum atomic E-state index is -0.0788. The molecule has 0 spiro atoms. The van der Waals surface area contributed by atoms with Gasteiger partial charge >= 0.3 is 0 Å². The van der Waals surface area contributed by atoms with Crippen LogP contribution in [0.2, 0.25) is 0 Å². The van der Waals surface area contributed by atoms with Crippen LogP contribution in [0.3, 0.4) is 0 Å². The van der Waals surface area contributed by atoms with Crippen LogP contribution in [0.5, 0.6) is 0 Å². The predicted molar refractivity (Wildman–Crippen MR) is 176 cm³/mol. The van der Waals surface area contributed by atoms with Gasteiger partial charge in [-0.15, -0.1) is 11.3 Å². The lowest BCUT2D eigenvalue weighted by Gasteiger charge is -2.26. The highest BCUT2D eigenvalue weighted by Crippen LogP contribution is 2.35. The third-order valence-electron chi connectivity index (χ3n) is 8.41. The third kappa shape index (κ3) is 7.35. The molecule has 1 aromatic heterocycles. The fraction of sp³-hybridized carbons (Fsp3) is 0.333. The molecule has 1 aliphatic carbocycles. The number of hydrogen-bond acceptors (Lipinski definition) is 5. The smallest absolute Gasteiger partial charge is 0.265 e. The van der Waals surface area contributed by atoms with E-state index in [1.54, 1.807) is 0 Å². The van der Waals surface area contributed by atoms with Gasteiger partial charge in [-0.3, -0.25) is 9.59 Å². The van der Waals surface area contributed by atoms with E-state index >= 15 is 0 Å². The van der Waals surface area contributed by atoms with Gasteiger partial charge in [-0.25, -0.2) is 0 Å². The van der Waals surface area contributed by atoms with Crippen molar-refractivity contribution < 1.29 is 9.59 Å². The number of amides is 2. The Labute approximate surface area is 258 Å². The number of thiophene rings is 1. The van der Waals surface area contributed by atoms with Crippen LogP contribution < -0.4 is 16.0 Å². The van der Waals surface area contributed by atoms with Crippen LogP contribution in [-0.2, 0) is 24.4 Å². The fourth-order valence-electron chi connectivity index (χ4n) is 5.94. The SMILES string of the molecule is NCc1cccc(CN(Cc2cccc(-c3ccc(N4CCCCCC4)c(NC(=O)c4cccs4)c3)c2)C(=O)C2CC2)c1. The molecular formula is C36H40N4O2S. The van der Waals surface area contributed by atoms with Crippen LogP contribution in [-0.4, -0.2) is 29.8 Å². The molecule has 7 heteroatoms. The molecule has 0 atom stereocenters. The zero-order valence-electron chi connectivity index (χ0n) is 24.6. The van der Waals surface area contributed by atoms with Crippen LogP contribution in [0, 0.1) is 5.92 Å². The van der Waals surface area contributed by atoms with Crippen molar-refractivity contribution in [1.29, 1.82) is 0 Å². The van der Waals surface area contributed by atoms with Gasteiger partial charge in [0.05, 0.1) is 16.3 Å². The molecule has 222 valence electrons. The van der Waals surface area contributed by atoms with E-state index in [0.717, 1.165) is 78.0 Å². The van der Waals surface area contributed by atoms with Gasteiger partial charge in [-0.2, -0.15) is 0 Å². The molecule has 6 nitrogen and oxygen atoms in total. The summed E-state index contributed by atoms with van der Waals surface area (Å²) >= 11 is 1.45. The molecule has 2 aliphatic rings. The van der Waals surface area contributed by atoms with E-state index in [-0.39, 0.29) is 17.7 Å². The number of carbonyl (C=O) groups excluding carboxylic acids is 2. The lowest BCUT2D eigenvalue weighted by atomic mass is 10.0. The second-order valence-electron chi connectivity index (χ2n) is 11.8. The van der Waals surface area contributed by atoms with Gasteiger partial charge in [-0.1, -0.05) is 67.4 Å². The highest BCUT2D eigenvalue weighted by molar-refractivity contribution is 7.12. The van der Waals surface area contributed by atoms with Crippen LogP contribution >= 0.6 is 11.3 Å². The second-order valence-corrected chi connectivity index (χ2v) is 12.7. The summed E-state index contributed by atoms with van der Waals surface area (Å²) in [4.78, 5) is 31.6. The lowest BCUT2D eigenvalue weighted by molar-refractivity contribution is -0.133. The van der Waals surface area contributed by atoms with Crippen molar-refractivity contribution >= 4 is 34.5 Å². The van der Waals surface area contributed by atoms with Gasteiger partial charge in [0.2, 0.25) is 5.91 Å². The van der Waals surface area contributed by atoms with Crippen molar-refractivity contribution in [3.05, 3.63) is 106 Å². The molecule has 4 aromatic rings. The number of anilines is 2. The van der Waals surface area contributed by atoms with Gasteiger partial charge < -0.3 is 20.9 Å². The first-order valence-corrected chi connectivity index (χ1v) is 16.4. The number of rotatable bonds is 10. The first kappa shape index (κ1) is 29.1. The van der Waals surface area contributed by atoms with Crippen LogP contribution in [0.25, 0.3) is 11.1 Å². The molecule has 3 aromatic carbocycles. The zero-order chi connectivity index (χ0) is 29.6. The Morgan fingerprint density at radius 3 is 2.21 bits per heavy atom. The monoisotopic (exact) mass is 592 g/mol. The summed E-state index contributed by atoms with van der Waals surface area (Å²) < 4.78 is 0. The van der Waals surface area contributed by atoms with E-state index in [1.165, 1.54) is 24.2 Å². The molecule has 6 rings (SSSR count). The zero-order valence-corrected chi connectivity index (χ0v) is 25.5. The van der Waals surface area contributed by atoms with E-state index in [9.17, 15) is 9.59 Å². The van der Waals surface area contributed by atoms with Crippen molar-refractivity contribution in [2.75, 3.05) is 23.3 Å². The van der Waals surface area contributed by atoms with E-state index in [2.05, 4.69) is 64.8 Å². The maximum Gasteiger partial charge on any atom is 0.265 e. The number of nitrogens with zero attached hydrogens (tertiary/aromatic N) is 2. The number of nitrogens with one attached hydrogen (secondary N) is 1. The molecule has 1 saturated carbocycles. The average Bonchev–Trinajstić information content (AvgIpc) is 3.80. The van der Waals surface area contributed by atoms with Crippen LogP contribution in [0.4, 0.5) is 11.4 Å². The Morgan fingerprint density at radius 2 is 1.51 bits per heavy atom. The minimum absolute atomic E-state index is 0.0788. The standard InChI is InChI=1S/C36H40N4O2S/c37-23-26-8-5-9-27(20-26)24-40(36(42)29-13-14-29)25-28-10-6-11-30(21-28)31-15-16-33(39-17-3-1-2-4-18-39)32(22-31)38-35(41)34-12-7-19-43-34/h5-12,15-16,19-22,29H,1-4,13-14,17-18,23-25,37H2,(H,38,41). The lowest BCUT2D eigenvalue weighted by Crippen LogP contribution is -2.31. The fourth-order valence-corrected chi connectivity index (χ4v) is 6.56. The van der Waals surface area contributed by atoms with Crippen LogP contribution in [0.15, 0.2) is 84.2 Å². The van der Waals surface area contributed by atoms with Crippen molar-refractivity contribution in [2.45, 2.75) is 58.2 Å². The quantitative estimate of drug-likeness (QED) is 0.201. The van der Waals surface area contributed by atoms with Gasteiger partial charge in [0.15, 0.2) is 0 Å². The van der Waals surface area contributed by atoms with Gasteiger partial charge in [0.25, 0.3) is 5.91 Å². The third-order valence-corrected chi connectivity index (χ3v) is 9.28. The van der Waals surface area contributed by atoms with E-state index in [1.807, 2.05) is 34.5 Å². The van der Waals surface area contributed by atoms with Gasteiger partial charge in [-0.05, 0) is 83.1 Å². The van der Waals surface area contributed by atoms with E-state index in [0.29, 0.717) is 24.5 Å². The summed E-state index contributed by atoms with van der Waals surface area (Å²) in [5.74, 6) is 0.288. The van der Waals surface area contributed by atoms with Crippen molar-refractivity contribution in [2.24, 2.45) is 11.7 Å². The maximum absolute atomic E-state index is 13.3. The molecule has 0 radical (unpaired) electrons. The summed E-state index contributed by atoms with van der Waals surface area (Å²) in [6.45, 7) is 3.59. The summed E-state index contributed by atoms with van der Waals surface area (Å²) in [6, 6.07) is 26.8. The van der Waals surface area contributed by atoms with E-state index in [4.69, 9.17) is 5.73 Å².